The molecule has 0 amide bonds. The Bertz CT molecular complexity index is 4420. The number of hydrogen-bond acceptors (Lipinski definition) is 2. The third-order valence-electron chi connectivity index (χ3n) is 17.5. The molecule has 412 valence electrons. The van der Waals surface area contributed by atoms with E-state index in [9.17, 15) is 0 Å². The third-order valence-corrected chi connectivity index (χ3v) is 17.5. The van der Waals surface area contributed by atoms with Crippen LogP contribution in [0.15, 0.2) is 236 Å². The molecule has 8 heteroatoms. The Morgan fingerprint density at radius 3 is 1.35 bits per heavy atom. The second-order valence-electron chi connectivity index (χ2n) is 22.3. The lowest BCUT2D eigenvalue weighted by molar-refractivity contribution is 0.496. The molecule has 0 bridgehead atoms. The second-order valence-corrected chi connectivity index (χ2v) is 22.3. The van der Waals surface area contributed by atoms with Gasteiger partial charge in [-0.05, 0) is 173 Å². The van der Waals surface area contributed by atoms with Crippen LogP contribution in [0.2, 0.25) is 0 Å². The zero-order valence-corrected chi connectivity index (χ0v) is 46.8. The van der Waals surface area contributed by atoms with E-state index in [1.54, 1.807) is 36.4 Å². The number of fused-ring (bicyclic) bond motifs is 6. The molecule has 0 spiro atoms. The Labute approximate surface area is 486 Å². The highest BCUT2D eigenvalue weighted by molar-refractivity contribution is 5.93. The molecule has 3 aliphatic rings. The molecule has 0 radical (unpaired) electrons. The molecular formula is C76H56F6N2. The molecular weight excluding hydrogens is 1050 g/mol. The van der Waals surface area contributed by atoms with Crippen molar-refractivity contribution in [3.8, 4) is 22.3 Å². The molecule has 0 fully saturated rings. The van der Waals surface area contributed by atoms with Gasteiger partial charge < -0.3 is 9.80 Å². The van der Waals surface area contributed by atoms with Crippen LogP contribution < -0.4 is 9.80 Å². The van der Waals surface area contributed by atoms with Gasteiger partial charge in [-0.3, -0.25) is 0 Å². The Hall–Kier alpha value is -9.66. The van der Waals surface area contributed by atoms with Gasteiger partial charge in [0.1, 0.15) is 11.6 Å². The summed E-state index contributed by atoms with van der Waals surface area (Å²) in [5.74, 6) is -7.36. The number of allylic oxidation sites excluding steroid dienone is 4. The molecule has 0 aromatic heterocycles. The normalized spacial score (nSPS) is 16.6. The summed E-state index contributed by atoms with van der Waals surface area (Å²) in [6.45, 7) is 16.5. The molecule has 0 saturated carbocycles. The Morgan fingerprint density at radius 2 is 0.845 bits per heavy atom. The number of anilines is 6. The first kappa shape index (κ1) is 53.6. The van der Waals surface area contributed by atoms with E-state index in [0.29, 0.717) is 23.5 Å². The van der Waals surface area contributed by atoms with Gasteiger partial charge in [0.15, 0.2) is 23.3 Å². The van der Waals surface area contributed by atoms with Gasteiger partial charge in [0.2, 0.25) is 0 Å². The third kappa shape index (κ3) is 8.32. The predicted molar refractivity (Wildman–Crippen MR) is 330 cm³/mol. The average molecular weight is 1110 g/mol. The Balaban J connectivity index is 1.03. The highest BCUT2D eigenvalue weighted by atomic mass is 19.2. The van der Waals surface area contributed by atoms with E-state index in [2.05, 4.69) is 114 Å². The molecule has 0 N–H and O–H groups in total. The van der Waals surface area contributed by atoms with Gasteiger partial charge >= 0.3 is 0 Å². The van der Waals surface area contributed by atoms with Crippen molar-refractivity contribution in [2.24, 2.45) is 0 Å². The highest BCUT2D eigenvalue weighted by Gasteiger charge is 2.49. The van der Waals surface area contributed by atoms with Crippen molar-refractivity contribution >= 4 is 46.3 Å². The van der Waals surface area contributed by atoms with Crippen LogP contribution in [0, 0.1) is 48.8 Å². The summed E-state index contributed by atoms with van der Waals surface area (Å²) < 4.78 is 96.6. The van der Waals surface area contributed by atoms with Crippen LogP contribution in [0.5, 0.6) is 0 Å². The minimum Gasteiger partial charge on any atom is -0.307 e. The first-order chi connectivity index (χ1) is 40.6. The Kier molecular flexibility index (Phi) is 13.2. The molecule has 2 nitrogen and oxygen atoms in total. The van der Waals surface area contributed by atoms with Crippen molar-refractivity contribution in [1.82, 2.24) is 0 Å². The first-order valence-corrected chi connectivity index (χ1v) is 28.0. The summed E-state index contributed by atoms with van der Waals surface area (Å²) in [7, 11) is 0. The molecule has 2 unspecified atom stereocenters. The monoisotopic (exact) mass is 1110 g/mol. The minimum absolute atomic E-state index is 0.268. The topological polar surface area (TPSA) is 6.48 Å². The zero-order valence-electron chi connectivity index (χ0n) is 46.8. The lowest BCUT2D eigenvalue weighted by atomic mass is 9.64. The lowest BCUT2D eigenvalue weighted by Crippen LogP contribution is -2.31. The van der Waals surface area contributed by atoms with Crippen molar-refractivity contribution in [3.63, 3.8) is 0 Å². The quantitative estimate of drug-likeness (QED) is 0.0889. The zero-order chi connectivity index (χ0) is 58.3. The summed E-state index contributed by atoms with van der Waals surface area (Å²) in [6, 6.07) is 60.4. The number of nitrogens with zero attached hydrogens (tertiary/aromatic N) is 2. The fourth-order valence-electron chi connectivity index (χ4n) is 13.6. The van der Waals surface area contributed by atoms with E-state index in [4.69, 9.17) is 0 Å². The number of halogens is 6. The average Bonchev–Trinajstić information content (AvgIpc) is 1.56. The maximum Gasteiger partial charge on any atom is 0.182 e. The molecule has 13 rings (SSSR count). The largest absolute Gasteiger partial charge is 0.307 e. The first-order valence-electron chi connectivity index (χ1n) is 28.0. The number of rotatable bonds is 12. The second kappa shape index (κ2) is 20.6. The minimum atomic E-state index is -1.39. The van der Waals surface area contributed by atoms with E-state index in [1.807, 2.05) is 84.9 Å². The molecule has 0 saturated heterocycles. The number of benzene rings is 10. The molecule has 0 heterocycles. The maximum atomic E-state index is 16.8. The van der Waals surface area contributed by atoms with Gasteiger partial charge in [-0.1, -0.05) is 175 Å². The van der Waals surface area contributed by atoms with Crippen LogP contribution in [0.25, 0.3) is 34.4 Å². The molecule has 2 atom stereocenters. The van der Waals surface area contributed by atoms with Crippen LogP contribution in [-0.2, 0) is 10.8 Å². The van der Waals surface area contributed by atoms with Crippen LogP contribution in [0.3, 0.4) is 0 Å². The summed E-state index contributed by atoms with van der Waals surface area (Å²) in [5, 5.41) is 0. The van der Waals surface area contributed by atoms with Gasteiger partial charge in [-0.25, -0.2) is 26.3 Å². The van der Waals surface area contributed by atoms with Crippen LogP contribution in [0.4, 0.5) is 60.5 Å². The van der Waals surface area contributed by atoms with Crippen molar-refractivity contribution in [2.45, 2.75) is 51.4 Å². The Morgan fingerprint density at radius 1 is 0.405 bits per heavy atom. The van der Waals surface area contributed by atoms with E-state index in [-0.39, 0.29) is 11.4 Å². The van der Waals surface area contributed by atoms with Crippen molar-refractivity contribution in [3.05, 3.63) is 332 Å². The van der Waals surface area contributed by atoms with Gasteiger partial charge in [-0.15, -0.1) is 0 Å². The van der Waals surface area contributed by atoms with E-state index in [1.165, 1.54) is 20.9 Å². The summed E-state index contributed by atoms with van der Waals surface area (Å²) in [5.41, 5.74) is 16.8. The fourth-order valence-corrected chi connectivity index (χ4v) is 13.6. The van der Waals surface area contributed by atoms with E-state index < -0.39 is 57.1 Å². The maximum absolute atomic E-state index is 16.8. The van der Waals surface area contributed by atoms with E-state index >= 15 is 26.3 Å². The molecule has 10 aromatic rings. The number of hydrogen-bond donors (Lipinski definition) is 0. The van der Waals surface area contributed by atoms with E-state index in [0.717, 1.165) is 114 Å². The predicted octanol–water partition coefficient (Wildman–Crippen LogP) is 21.1. The smallest absolute Gasteiger partial charge is 0.182 e. The lowest BCUT2D eigenvalue weighted by Gasteiger charge is -2.38. The summed E-state index contributed by atoms with van der Waals surface area (Å²) >= 11 is 0. The van der Waals surface area contributed by atoms with Crippen LogP contribution in [-0.4, -0.2) is 0 Å². The highest BCUT2D eigenvalue weighted by Crippen LogP contribution is 2.61. The summed E-state index contributed by atoms with van der Waals surface area (Å²) in [6.07, 6.45) is 7.62. The van der Waals surface area contributed by atoms with Crippen LogP contribution >= 0.6 is 0 Å². The SMILES string of the molecule is C=Cc1ccc(C2(C3=C(C)CCC(C)=C3)c3ccccc3-c3ccc(N(c4ccc(N(c5ccc6c(c5)C(c5ccc(C=C)cc5)(c5cc(C)ccc5C)c5ccccc5-6)c5cc(F)cc(F)c5F)cc4)c4cc(F)cc(F)c4F)cc32)cc1. The standard InChI is InChI=1S/C76H56F6N2/c1-7-49-21-25-51(26-22-49)75(65-37-45(3)17-19-47(65)5)63-15-11-9-13-59(63)61-35-33-57(43-67(61)75)83(71-41-53(77)39-69(79)73(71)81)55-29-31-56(32-30-55)84(72-42-54(78)40-70(80)74(72)82)58-34-36-62-60-14-10-12-16-64(60)76(68(62)44-58,52-27-23-50(8-2)24-28-52)66-38-46(4)18-20-48(66)6/h7-17,19,21-44H,1-2,18,20H2,3-6H3. The fraction of sp³-hybridized carbons (Fsp3) is 0.105. The van der Waals surface area contributed by atoms with Gasteiger partial charge in [0, 0.05) is 47.0 Å². The van der Waals surface area contributed by atoms with Gasteiger partial charge in [-0.2, -0.15) is 0 Å². The van der Waals surface area contributed by atoms with Crippen LogP contribution in [0.1, 0.15) is 87.9 Å². The molecule has 10 aromatic carbocycles. The molecule has 0 aliphatic heterocycles. The van der Waals surface area contributed by atoms with Crippen molar-refractivity contribution in [2.75, 3.05) is 9.80 Å². The summed E-state index contributed by atoms with van der Waals surface area (Å²) in [4.78, 5) is 2.93. The molecule has 3 aliphatic carbocycles. The van der Waals surface area contributed by atoms with Crippen molar-refractivity contribution < 1.29 is 26.3 Å². The number of aryl methyl sites for hydroxylation is 2. The van der Waals surface area contributed by atoms with Crippen molar-refractivity contribution in [1.29, 1.82) is 0 Å². The van der Waals surface area contributed by atoms with Gasteiger partial charge in [0.05, 0.1) is 22.2 Å². The van der Waals surface area contributed by atoms with Gasteiger partial charge in [0.25, 0.3) is 0 Å². The molecule has 84 heavy (non-hydrogen) atoms.